The van der Waals surface area contributed by atoms with Gasteiger partial charge in [0.05, 0.1) is 0 Å². The van der Waals surface area contributed by atoms with E-state index < -0.39 is 0 Å². The molecule has 0 aromatic carbocycles. The largest absolute Gasteiger partial charge is 1.00 e. The summed E-state index contributed by atoms with van der Waals surface area (Å²) in [5.74, 6) is 0. The minimum Gasteiger partial charge on any atom is -1.00 e. The highest BCUT2D eigenvalue weighted by Crippen LogP contribution is 2.06. The topological polar surface area (TPSA) is 6.25 Å². The fraction of sp³-hybridized carbons (Fsp3) is 0.667. The molecule has 0 radical (unpaired) electrons. The smallest absolute Gasteiger partial charge is 0.165 e. The van der Waals surface area contributed by atoms with E-state index in [2.05, 4.69) is 18.7 Å². The summed E-state index contributed by atoms with van der Waals surface area (Å²) in [5.41, 5.74) is 0. The van der Waals surface area contributed by atoms with Gasteiger partial charge in [-0.3, -0.25) is 0 Å². The third-order valence-electron chi connectivity index (χ3n) is 1.58. The summed E-state index contributed by atoms with van der Waals surface area (Å²) in [4.78, 5) is 2.10. The maximum atomic E-state index is 6.02. The molecular formula is C9H18Cl2N2. The fourth-order valence-electron chi connectivity index (χ4n) is 0.842. The highest BCUT2D eigenvalue weighted by Gasteiger charge is 2.00. The van der Waals surface area contributed by atoms with E-state index in [-0.39, 0.29) is 12.4 Å². The lowest BCUT2D eigenvalue weighted by Gasteiger charge is -2.18. The molecule has 0 N–H and O–H groups in total. The number of hydrogen-bond donors (Lipinski definition) is 0. The second-order valence-corrected chi connectivity index (χ2v) is 3.16. The van der Waals surface area contributed by atoms with Crippen molar-refractivity contribution in [2.45, 2.75) is 13.8 Å². The van der Waals surface area contributed by atoms with Crippen molar-refractivity contribution in [3.05, 3.63) is 11.2 Å². The van der Waals surface area contributed by atoms with Crippen molar-refractivity contribution >= 4 is 17.8 Å². The normalized spacial score (nSPS) is 10.4. The van der Waals surface area contributed by atoms with E-state index >= 15 is 0 Å². The van der Waals surface area contributed by atoms with E-state index in [9.17, 15) is 0 Å². The lowest BCUT2D eigenvalue weighted by atomic mass is 10.5. The van der Waals surface area contributed by atoms with Gasteiger partial charge in [-0.05, 0) is 13.8 Å². The Balaban J connectivity index is 0. The highest BCUT2D eigenvalue weighted by molar-refractivity contribution is 6.30. The monoisotopic (exact) mass is 224 g/mol. The third kappa shape index (κ3) is 6.91. The molecule has 0 saturated heterocycles. The van der Waals surface area contributed by atoms with E-state index in [1.807, 2.05) is 31.0 Å². The lowest BCUT2D eigenvalue weighted by molar-refractivity contribution is -0.458. The molecule has 0 aromatic heterocycles. The first-order chi connectivity index (χ1) is 5.61. The van der Waals surface area contributed by atoms with Gasteiger partial charge in [0.1, 0.15) is 19.3 Å². The van der Waals surface area contributed by atoms with Crippen LogP contribution >= 0.6 is 11.6 Å². The second-order valence-electron chi connectivity index (χ2n) is 2.77. The van der Waals surface area contributed by atoms with Gasteiger partial charge in [0.15, 0.2) is 6.21 Å². The second kappa shape index (κ2) is 8.39. The van der Waals surface area contributed by atoms with Crippen molar-refractivity contribution in [2.75, 3.05) is 27.2 Å². The zero-order valence-corrected chi connectivity index (χ0v) is 10.2. The number of halogens is 2. The molecular weight excluding hydrogens is 207 g/mol. The van der Waals surface area contributed by atoms with Crippen LogP contribution in [0.5, 0.6) is 0 Å². The molecule has 0 rings (SSSR count). The molecule has 13 heavy (non-hydrogen) atoms. The Morgan fingerprint density at radius 1 is 1.31 bits per heavy atom. The predicted molar refractivity (Wildman–Crippen MR) is 55.0 cm³/mol. The minimum atomic E-state index is 0. The molecule has 0 spiro atoms. The molecule has 0 heterocycles. The van der Waals surface area contributed by atoms with Crippen LogP contribution in [0.15, 0.2) is 11.2 Å². The Morgan fingerprint density at radius 2 is 1.77 bits per heavy atom. The van der Waals surface area contributed by atoms with Gasteiger partial charge in [-0.1, -0.05) is 11.6 Å². The summed E-state index contributed by atoms with van der Waals surface area (Å²) < 4.78 is 1.96. The molecule has 0 atom stereocenters. The van der Waals surface area contributed by atoms with Crippen LogP contribution in [-0.4, -0.2) is 42.9 Å². The van der Waals surface area contributed by atoms with Crippen molar-refractivity contribution in [3.8, 4) is 0 Å². The first-order valence-corrected chi connectivity index (χ1v) is 4.61. The van der Waals surface area contributed by atoms with E-state index in [0.717, 1.165) is 18.2 Å². The highest BCUT2D eigenvalue weighted by atomic mass is 35.5. The van der Waals surface area contributed by atoms with Gasteiger partial charge >= 0.3 is 0 Å². The van der Waals surface area contributed by atoms with E-state index in [1.54, 1.807) is 0 Å². The van der Waals surface area contributed by atoms with Crippen LogP contribution in [0.4, 0.5) is 0 Å². The Kier molecular flexibility index (Phi) is 9.86. The molecule has 0 aliphatic rings. The molecule has 0 unspecified atom stereocenters. The number of rotatable bonds is 4. The Labute approximate surface area is 92.3 Å². The first kappa shape index (κ1) is 15.3. The molecule has 0 aliphatic carbocycles. The Morgan fingerprint density at radius 3 is 2.08 bits per heavy atom. The number of allylic oxidation sites excluding steroid dienone is 1. The van der Waals surface area contributed by atoms with Gasteiger partial charge in [-0.15, -0.1) is 0 Å². The quantitative estimate of drug-likeness (QED) is 0.329. The standard InChI is InChI=1S/C9H18ClN2.ClH/c1-5-12(6-2)9(10)7-8-11(3)4;/h7-8H,5-6H2,1-4H3;1H/q+1;/p-1. The third-order valence-corrected chi connectivity index (χ3v) is 1.94. The zero-order chi connectivity index (χ0) is 9.56. The van der Waals surface area contributed by atoms with Gasteiger partial charge in [0.25, 0.3) is 0 Å². The number of hydrogen-bond acceptors (Lipinski definition) is 1. The molecule has 0 saturated carbocycles. The van der Waals surface area contributed by atoms with Gasteiger partial charge < -0.3 is 17.3 Å². The maximum absolute atomic E-state index is 6.02. The maximum Gasteiger partial charge on any atom is 0.165 e. The van der Waals surface area contributed by atoms with Crippen LogP contribution in [0, 0.1) is 0 Å². The summed E-state index contributed by atoms with van der Waals surface area (Å²) >= 11 is 6.02. The van der Waals surface area contributed by atoms with Crippen molar-refractivity contribution in [2.24, 2.45) is 0 Å². The zero-order valence-electron chi connectivity index (χ0n) is 8.72. The van der Waals surface area contributed by atoms with Crippen LogP contribution in [-0.2, 0) is 0 Å². The molecule has 0 bridgehead atoms. The van der Waals surface area contributed by atoms with Gasteiger partial charge in [-0.25, -0.2) is 4.58 Å². The molecule has 0 fully saturated rings. The van der Waals surface area contributed by atoms with Gasteiger partial charge in [-0.2, -0.15) is 0 Å². The van der Waals surface area contributed by atoms with Gasteiger partial charge in [0, 0.05) is 19.2 Å². The molecule has 0 aliphatic heterocycles. The van der Waals surface area contributed by atoms with Crippen LogP contribution in [0.2, 0.25) is 0 Å². The molecule has 78 valence electrons. The summed E-state index contributed by atoms with van der Waals surface area (Å²) in [6.07, 6.45) is 3.86. The fourth-order valence-corrected chi connectivity index (χ4v) is 1.14. The van der Waals surface area contributed by atoms with Gasteiger partial charge in [0.2, 0.25) is 0 Å². The summed E-state index contributed by atoms with van der Waals surface area (Å²) in [6.45, 7) is 6.09. The van der Waals surface area contributed by atoms with E-state index in [1.165, 1.54) is 0 Å². The summed E-state index contributed by atoms with van der Waals surface area (Å²) in [6, 6.07) is 0. The predicted octanol–water partition coefficient (Wildman–Crippen LogP) is -1.24. The SMILES string of the molecule is CCN(CC)/C(Cl)=C/C=[N+](C)C.[Cl-]. The minimum absolute atomic E-state index is 0. The van der Waals surface area contributed by atoms with E-state index in [0.29, 0.717) is 0 Å². The van der Waals surface area contributed by atoms with Crippen molar-refractivity contribution < 1.29 is 17.0 Å². The Bertz CT molecular complexity index is 180. The van der Waals surface area contributed by atoms with E-state index in [4.69, 9.17) is 11.6 Å². The van der Waals surface area contributed by atoms with Crippen LogP contribution in [0.1, 0.15) is 13.8 Å². The average Bonchev–Trinajstić information content (AvgIpc) is 2.03. The Hall–Kier alpha value is -0.210. The average molecular weight is 225 g/mol. The molecule has 2 nitrogen and oxygen atoms in total. The van der Waals surface area contributed by atoms with Crippen molar-refractivity contribution in [1.29, 1.82) is 0 Å². The van der Waals surface area contributed by atoms with Crippen molar-refractivity contribution in [1.82, 2.24) is 4.90 Å². The lowest BCUT2D eigenvalue weighted by Crippen LogP contribution is -3.00. The molecule has 0 amide bonds. The first-order valence-electron chi connectivity index (χ1n) is 4.23. The number of nitrogens with zero attached hydrogens (tertiary/aromatic N) is 2. The van der Waals surface area contributed by atoms with Crippen LogP contribution < -0.4 is 12.4 Å². The molecule has 4 heteroatoms. The van der Waals surface area contributed by atoms with Crippen molar-refractivity contribution in [3.63, 3.8) is 0 Å². The summed E-state index contributed by atoms with van der Waals surface area (Å²) in [5, 5.41) is 0.800. The van der Waals surface area contributed by atoms with Crippen LogP contribution in [0.25, 0.3) is 0 Å². The molecule has 0 aromatic rings. The van der Waals surface area contributed by atoms with Crippen LogP contribution in [0.3, 0.4) is 0 Å². The summed E-state index contributed by atoms with van der Waals surface area (Å²) in [7, 11) is 3.95.